The van der Waals surface area contributed by atoms with Gasteiger partial charge in [-0.2, -0.15) is 0 Å². The smallest absolute Gasteiger partial charge is 0.264 e. The Morgan fingerprint density at radius 3 is 2.21 bits per heavy atom. The molecule has 0 saturated heterocycles. The van der Waals surface area contributed by atoms with E-state index >= 15 is 0 Å². The van der Waals surface area contributed by atoms with Crippen LogP contribution in [0, 0.1) is 0 Å². The Balaban J connectivity index is 2.07. The van der Waals surface area contributed by atoms with Crippen LogP contribution in [0.5, 0.6) is 0 Å². The van der Waals surface area contributed by atoms with Gasteiger partial charge in [0.05, 0.1) is 10.6 Å². The molecule has 0 aliphatic carbocycles. The summed E-state index contributed by atoms with van der Waals surface area (Å²) in [4.78, 5) is 28.7. The van der Waals surface area contributed by atoms with E-state index in [2.05, 4.69) is 21.2 Å². The number of nitrogens with zero attached hydrogens (tertiary/aromatic N) is 2. The Hall–Kier alpha value is -3.17. The van der Waals surface area contributed by atoms with E-state index in [4.69, 9.17) is 0 Å². The lowest BCUT2D eigenvalue weighted by Gasteiger charge is -2.34. The van der Waals surface area contributed by atoms with Gasteiger partial charge in [0.1, 0.15) is 12.6 Å². The fourth-order valence-corrected chi connectivity index (χ4v) is 6.09. The first-order chi connectivity index (χ1) is 18.3. The molecule has 39 heavy (non-hydrogen) atoms. The maximum atomic E-state index is 14.0. The van der Waals surface area contributed by atoms with E-state index in [1.807, 2.05) is 64.1 Å². The molecule has 0 aliphatic heterocycles. The first-order valence-corrected chi connectivity index (χ1v) is 15.1. The van der Waals surface area contributed by atoms with E-state index in [1.165, 1.54) is 17.0 Å². The van der Waals surface area contributed by atoms with Crippen LogP contribution in [0.3, 0.4) is 0 Å². The quantitative estimate of drug-likeness (QED) is 0.325. The van der Waals surface area contributed by atoms with Crippen molar-refractivity contribution in [2.75, 3.05) is 10.8 Å². The van der Waals surface area contributed by atoms with Crippen LogP contribution >= 0.6 is 15.9 Å². The average Bonchev–Trinajstić information content (AvgIpc) is 2.89. The lowest BCUT2D eigenvalue weighted by molar-refractivity contribution is -0.140. The number of rotatable bonds is 10. The first kappa shape index (κ1) is 30.4. The zero-order valence-electron chi connectivity index (χ0n) is 23.0. The number of carbonyl (C=O) groups is 2. The lowest BCUT2D eigenvalue weighted by Crippen LogP contribution is -2.54. The molecule has 9 heteroatoms. The largest absolute Gasteiger partial charge is 0.350 e. The molecule has 3 aromatic carbocycles. The number of nitrogens with one attached hydrogen (secondary N) is 1. The molecule has 1 atom stereocenters. The highest BCUT2D eigenvalue weighted by atomic mass is 79.9. The predicted molar refractivity (Wildman–Crippen MR) is 159 cm³/mol. The van der Waals surface area contributed by atoms with E-state index in [9.17, 15) is 18.0 Å². The molecule has 208 valence electrons. The Labute approximate surface area is 240 Å². The molecule has 7 nitrogen and oxygen atoms in total. The van der Waals surface area contributed by atoms with Crippen molar-refractivity contribution in [1.82, 2.24) is 10.2 Å². The Morgan fingerprint density at radius 2 is 1.59 bits per heavy atom. The van der Waals surface area contributed by atoms with Crippen LogP contribution in [0.1, 0.15) is 45.7 Å². The van der Waals surface area contributed by atoms with Gasteiger partial charge < -0.3 is 10.2 Å². The van der Waals surface area contributed by atoms with Gasteiger partial charge in [0.25, 0.3) is 10.0 Å². The third-order valence-electron chi connectivity index (χ3n) is 6.16. The summed E-state index contributed by atoms with van der Waals surface area (Å²) in [5.74, 6) is -0.811. The van der Waals surface area contributed by atoms with Crippen molar-refractivity contribution in [3.05, 3.63) is 94.5 Å². The van der Waals surface area contributed by atoms with Crippen molar-refractivity contribution in [1.29, 1.82) is 0 Å². The summed E-state index contributed by atoms with van der Waals surface area (Å²) in [6.07, 6.45) is 0.581. The normalized spacial score (nSPS) is 12.5. The minimum atomic E-state index is -4.09. The summed E-state index contributed by atoms with van der Waals surface area (Å²) in [5.41, 5.74) is 1.53. The van der Waals surface area contributed by atoms with Crippen molar-refractivity contribution in [2.45, 2.75) is 64.1 Å². The number of amides is 2. The highest BCUT2D eigenvalue weighted by Crippen LogP contribution is 2.28. The standard InChI is InChI=1S/C30H36BrN3O4S/c1-6-24-14-10-11-18-27(24)34(39(37,38)26-16-8-7-9-17-26)21-28(35)33(20-23-13-12-15-25(31)19-23)22(2)29(36)32-30(3,4)5/h7-19,22H,6,20-21H2,1-5H3,(H,32,36). The molecule has 0 radical (unpaired) electrons. The van der Waals surface area contributed by atoms with Gasteiger partial charge in [-0.25, -0.2) is 8.42 Å². The number of benzene rings is 3. The van der Waals surface area contributed by atoms with Crippen LogP contribution in [0.2, 0.25) is 0 Å². The highest BCUT2D eigenvalue weighted by Gasteiger charge is 2.34. The molecule has 0 aromatic heterocycles. The van der Waals surface area contributed by atoms with Crippen LogP contribution in [-0.4, -0.2) is 43.3 Å². The second-order valence-electron chi connectivity index (χ2n) is 10.4. The van der Waals surface area contributed by atoms with Crippen molar-refractivity contribution < 1.29 is 18.0 Å². The lowest BCUT2D eigenvalue weighted by atomic mass is 10.1. The molecule has 0 bridgehead atoms. The summed E-state index contributed by atoms with van der Waals surface area (Å²) in [6.45, 7) is 8.87. The minimum Gasteiger partial charge on any atom is -0.350 e. The molecular weight excluding hydrogens is 578 g/mol. The number of aryl methyl sites for hydroxylation is 1. The molecule has 0 aliphatic rings. The van der Waals surface area contributed by atoms with Gasteiger partial charge >= 0.3 is 0 Å². The van der Waals surface area contributed by atoms with Gasteiger partial charge in [0.15, 0.2) is 0 Å². The average molecular weight is 615 g/mol. The molecule has 3 rings (SSSR count). The molecule has 0 fully saturated rings. The zero-order chi connectivity index (χ0) is 28.8. The number of carbonyl (C=O) groups excluding carboxylic acids is 2. The fourth-order valence-electron chi connectivity index (χ4n) is 4.17. The number of halogens is 1. The van der Waals surface area contributed by atoms with Crippen LogP contribution in [0.25, 0.3) is 0 Å². The molecule has 0 saturated carbocycles. The van der Waals surface area contributed by atoms with E-state index in [-0.39, 0.29) is 17.3 Å². The topological polar surface area (TPSA) is 86.8 Å². The summed E-state index contributed by atoms with van der Waals surface area (Å²) >= 11 is 3.46. The molecule has 0 spiro atoms. The van der Waals surface area contributed by atoms with Crippen LogP contribution < -0.4 is 9.62 Å². The Morgan fingerprint density at radius 1 is 0.949 bits per heavy atom. The van der Waals surface area contributed by atoms with Crippen molar-refractivity contribution in [2.24, 2.45) is 0 Å². The van der Waals surface area contributed by atoms with Gasteiger partial charge in [-0.05, 0) is 75.6 Å². The maximum Gasteiger partial charge on any atom is 0.264 e. The van der Waals surface area contributed by atoms with E-state index in [1.54, 1.807) is 37.3 Å². The second-order valence-corrected chi connectivity index (χ2v) is 13.2. The molecule has 1 N–H and O–H groups in total. The Bertz CT molecular complexity index is 1400. The molecule has 0 heterocycles. The monoisotopic (exact) mass is 613 g/mol. The molecule has 3 aromatic rings. The number of hydrogen-bond acceptors (Lipinski definition) is 4. The summed E-state index contributed by atoms with van der Waals surface area (Å²) in [7, 11) is -4.09. The highest BCUT2D eigenvalue weighted by molar-refractivity contribution is 9.10. The maximum absolute atomic E-state index is 14.0. The van der Waals surface area contributed by atoms with E-state index in [0.29, 0.717) is 12.1 Å². The van der Waals surface area contributed by atoms with Crippen molar-refractivity contribution in [3.8, 4) is 0 Å². The van der Waals surface area contributed by atoms with Gasteiger partial charge in [-0.15, -0.1) is 0 Å². The van der Waals surface area contributed by atoms with Gasteiger partial charge in [-0.3, -0.25) is 13.9 Å². The van der Waals surface area contributed by atoms with Gasteiger partial charge in [-0.1, -0.05) is 71.4 Å². The summed E-state index contributed by atoms with van der Waals surface area (Å²) in [6, 6.07) is 21.8. The van der Waals surface area contributed by atoms with Crippen LogP contribution in [-0.2, 0) is 32.6 Å². The van der Waals surface area contributed by atoms with Crippen molar-refractivity contribution >= 4 is 43.5 Å². The summed E-state index contributed by atoms with van der Waals surface area (Å²) in [5, 5.41) is 2.94. The zero-order valence-corrected chi connectivity index (χ0v) is 25.4. The first-order valence-electron chi connectivity index (χ1n) is 12.8. The summed E-state index contributed by atoms with van der Waals surface area (Å²) < 4.78 is 29.8. The van der Waals surface area contributed by atoms with Gasteiger partial charge in [0.2, 0.25) is 11.8 Å². The number of para-hydroxylation sites is 1. The van der Waals surface area contributed by atoms with Crippen LogP contribution in [0.4, 0.5) is 5.69 Å². The second kappa shape index (κ2) is 12.8. The van der Waals surface area contributed by atoms with Crippen LogP contribution in [0.15, 0.2) is 88.2 Å². The third-order valence-corrected chi connectivity index (χ3v) is 8.43. The van der Waals surface area contributed by atoms with Gasteiger partial charge in [0, 0.05) is 16.6 Å². The molecular formula is C30H36BrN3O4S. The van der Waals surface area contributed by atoms with E-state index < -0.39 is 34.1 Å². The Kier molecular flexibility index (Phi) is 9.96. The number of anilines is 1. The van der Waals surface area contributed by atoms with Crippen molar-refractivity contribution in [3.63, 3.8) is 0 Å². The minimum absolute atomic E-state index is 0.0840. The molecule has 1 unspecified atom stereocenters. The predicted octanol–water partition coefficient (Wildman–Crippen LogP) is 5.54. The molecule has 2 amide bonds. The number of hydrogen-bond donors (Lipinski definition) is 1. The SMILES string of the molecule is CCc1ccccc1N(CC(=O)N(Cc1cccc(Br)c1)C(C)C(=O)NC(C)(C)C)S(=O)(=O)c1ccccc1. The third kappa shape index (κ3) is 7.92. The van der Waals surface area contributed by atoms with E-state index in [0.717, 1.165) is 19.9 Å². The number of sulfonamides is 1. The fraction of sp³-hybridized carbons (Fsp3) is 0.333.